The second-order valence-electron chi connectivity index (χ2n) is 9.55. The van der Waals surface area contributed by atoms with Crippen LogP contribution in [0.1, 0.15) is 51.9 Å². The van der Waals surface area contributed by atoms with Gasteiger partial charge in [0.25, 0.3) is 11.8 Å². The monoisotopic (exact) mass is 521 g/mol. The van der Waals surface area contributed by atoms with Crippen LogP contribution in [0.3, 0.4) is 0 Å². The van der Waals surface area contributed by atoms with Gasteiger partial charge in [0.1, 0.15) is 17.0 Å². The molecule has 0 bridgehead atoms. The highest BCUT2D eigenvalue weighted by Gasteiger charge is 2.53. The van der Waals surface area contributed by atoms with Crippen molar-refractivity contribution in [3.63, 3.8) is 0 Å². The first-order chi connectivity index (χ1) is 17.8. The Morgan fingerprint density at radius 1 is 1.11 bits per heavy atom. The molecule has 2 heterocycles. The molecule has 2 aliphatic rings. The number of ether oxygens (including phenoxy) is 1. The molecule has 5 rings (SSSR count). The molecule has 1 aliphatic heterocycles. The standard InChI is InChI=1S/C27H28ClN5O4/c1-27(26(36)30-14-18-5-3-4-6-21(18)28)15-32-16-31-22(23(32)25(35)33(27)19-9-10-19)24(34)29-13-17-7-11-20(37-2)12-8-17/h3-8,11-12,16,19H,9-10,13-15H2,1-2H3,(H,29,34)(H,30,36)/t27-/m0/s1. The molecule has 1 aromatic heterocycles. The number of carbonyl (C=O) groups excluding carboxylic acids is 3. The predicted molar refractivity (Wildman–Crippen MR) is 137 cm³/mol. The summed E-state index contributed by atoms with van der Waals surface area (Å²) < 4.78 is 6.77. The van der Waals surface area contributed by atoms with Crippen LogP contribution in [-0.2, 0) is 24.4 Å². The lowest BCUT2D eigenvalue weighted by Crippen LogP contribution is -2.64. The zero-order valence-corrected chi connectivity index (χ0v) is 21.4. The van der Waals surface area contributed by atoms with Crippen molar-refractivity contribution in [3.8, 4) is 5.75 Å². The van der Waals surface area contributed by atoms with E-state index in [1.807, 2.05) is 42.5 Å². The van der Waals surface area contributed by atoms with Crippen LogP contribution in [0.4, 0.5) is 0 Å². The number of benzene rings is 2. The molecule has 0 saturated heterocycles. The minimum atomic E-state index is -1.13. The van der Waals surface area contributed by atoms with E-state index in [0.29, 0.717) is 5.02 Å². The number of halogens is 1. The highest BCUT2D eigenvalue weighted by atomic mass is 35.5. The molecule has 9 nitrogen and oxygen atoms in total. The fraction of sp³-hybridized carbons (Fsp3) is 0.333. The third-order valence-corrected chi connectivity index (χ3v) is 7.26. The molecule has 3 aromatic rings. The SMILES string of the molecule is COc1ccc(CNC(=O)c2ncn3c2C(=O)N(C2CC2)[C@](C)(C(=O)NCc2ccccc2Cl)C3)cc1. The number of nitrogens with zero attached hydrogens (tertiary/aromatic N) is 3. The molecule has 2 N–H and O–H groups in total. The Morgan fingerprint density at radius 2 is 1.84 bits per heavy atom. The smallest absolute Gasteiger partial charge is 0.274 e. The van der Waals surface area contributed by atoms with E-state index < -0.39 is 11.4 Å². The Balaban J connectivity index is 1.34. The van der Waals surface area contributed by atoms with Gasteiger partial charge < -0.3 is 24.8 Å². The molecule has 1 fully saturated rings. The Morgan fingerprint density at radius 3 is 2.51 bits per heavy atom. The number of methoxy groups -OCH3 is 1. The maximum Gasteiger partial charge on any atom is 0.274 e. The lowest BCUT2D eigenvalue weighted by molar-refractivity contribution is -0.133. The van der Waals surface area contributed by atoms with Gasteiger partial charge >= 0.3 is 0 Å². The first-order valence-corrected chi connectivity index (χ1v) is 12.5. The predicted octanol–water partition coefficient (Wildman–Crippen LogP) is 3.17. The van der Waals surface area contributed by atoms with Crippen LogP contribution in [0.25, 0.3) is 0 Å². The van der Waals surface area contributed by atoms with Gasteiger partial charge in [-0.1, -0.05) is 41.9 Å². The van der Waals surface area contributed by atoms with Crippen LogP contribution >= 0.6 is 11.6 Å². The van der Waals surface area contributed by atoms with Gasteiger partial charge in [-0.15, -0.1) is 0 Å². The Labute approximate surface area is 219 Å². The van der Waals surface area contributed by atoms with Gasteiger partial charge in [-0.05, 0) is 49.1 Å². The second kappa shape index (κ2) is 9.89. The average Bonchev–Trinajstić information content (AvgIpc) is 3.64. The normalized spacial score (nSPS) is 18.8. The number of imidazole rings is 1. The Hall–Kier alpha value is -3.85. The Kier molecular flexibility index (Phi) is 6.64. The highest BCUT2D eigenvalue weighted by Crippen LogP contribution is 2.39. The average molecular weight is 522 g/mol. The van der Waals surface area contributed by atoms with Crippen molar-refractivity contribution in [1.29, 1.82) is 0 Å². The summed E-state index contributed by atoms with van der Waals surface area (Å²) in [5.41, 5.74) is 0.804. The minimum absolute atomic E-state index is 0.0533. The van der Waals surface area contributed by atoms with Crippen molar-refractivity contribution in [1.82, 2.24) is 25.1 Å². The van der Waals surface area contributed by atoms with E-state index in [1.54, 1.807) is 29.6 Å². The number of fused-ring (bicyclic) bond motifs is 1. The van der Waals surface area contributed by atoms with E-state index in [1.165, 1.54) is 6.33 Å². The van der Waals surface area contributed by atoms with Crippen LogP contribution in [0.2, 0.25) is 5.02 Å². The van der Waals surface area contributed by atoms with E-state index in [9.17, 15) is 14.4 Å². The van der Waals surface area contributed by atoms with Gasteiger partial charge in [0.05, 0.1) is 20.0 Å². The number of carbonyl (C=O) groups is 3. The quantitative estimate of drug-likeness (QED) is 0.473. The zero-order chi connectivity index (χ0) is 26.2. The molecule has 1 aliphatic carbocycles. The first kappa shape index (κ1) is 24.8. The van der Waals surface area contributed by atoms with Crippen molar-refractivity contribution >= 4 is 29.3 Å². The van der Waals surface area contributed by atoms with E-state index in [0.717, 1.165) is 29.7 Å². The molecule has 1 atom stereocenters. The summed E-state index contributed by atoms with van der Waals surface area (Å²) in [6.45, 7) is 2.48. The van der Waals surface area contributed by atoms with Crippen molar-refractivity contribution in [2.45, 2.75) is 51.0 Å². The van der Waals surface area contributed by atoms with Crippen molar-refractivity contribution in [2.24, 2.45) is 0 Å². The number of hydrogen-bond donors (Lipinski definition) is 2. The van der Waals surface area contributed by atoms with E-state index in [4.69, 9.17) is 16.3 Å². The topological polar surface area (TPSA) is 106 Å². The number of rotatable bonds is 8. The van der Waals surface area contributed by atoms with Gasteiger partial charge in [0.15, 0.2) is 5.69 Å². The third kappa shape index (κ3) is 4.79. The molecule has 0 unspecified atom stereocenters. The number of nitrogens with one attached hydrogen (secondary N) is 2. The molecule has 0 spiro atoms. The zero-order valence-electron chi connectivity index (χ0n) is 20.7. The molecular weight excluding hydrogens is 494 g/mol. The number of hydrogen-bond acceptors (Lipinski definition) is 5. The van der Waals surface area contributed by atoms with E-state index in [-0.39, 0.29) is 48.9 Å². The van der Waals surface area contributed by atoms with Crippen molar-refractivity contribution in [2.75, 3.05) is 7.11 Å². The van der Waals surface area contributed by atoms with Crippen LogP contribution < -0.4 is 15.4 Å². The van der Waals surface area contributed by atoms with E-state index >= 15 is 0 Å². The molecule has 1 saturated carbocycles. The summed E-state index contributed by atoms with van der Waals surface area (Å²) in [4.78, 5) is 46.1. The van der Waals surface area contributed by atoms with Gasteiger partial charge in [-0.3, -0.25) is 14.4 Å². The fourth-order valence-electron chi connectivity index (χ4n) is 4.74. The summed E-state index contributed by atoms with van der Waals surface area (Å²) in [5.74, 6) is -0.364. The maximum atomic E-state index is 13.7. The largest absolute Gasteiger partial charge is 0.497 e. The Bertz CT molecular complexity index is 1350. The molecular formula is C27H28ClN5O4. The summed E-state index contributed by atoms with van der Waals surface area (Å²) in [5, 5.41) is 6.35. The fourth-order valence-corrected chi connectivity index (χ4v) is 4.94. The number of amides is 3. The summed E-state index contributed by atoms with van der Waals surface area (Å²) in [7, 11) is 1.59. The molecule has 2 aromatic carbocycles. The summed E-state index contributed by atoms with van der Waals surface area (Å²) >= 11 is 6.25. The van der Waals surface area contributed by atoms with Crippen LogP contribution in [0.5, 0.6) is 5.75 Å². The lowest BCUT2D eigenvalue weighted by atomic mass is 9.93. The van der Waals surface area contributed by atoms with Crippen LogP contribution in [0, 0.1) is 0 Å². The van der Waals surface area contributed by atoms with Gasteiger partial charge in [-0.25, -0.2) is 4.98 Å². The molecule has 37 heavy (non-hydrogen) atoms. The van der Waals surface area contributed by atoms with Gasteiger partial charge in [0, 0.05) is 24.2 Å². The molecule has 3 amide bonds. The van der Waals surface area contributed by atoms with Crippen LogP contribution in [-0.4, -0.2) is 50.9 Å². The van der Waals surface area contributed by atoms with Crippen molar-refractivity contribution < 1.29 is 19.1 Å². The molecule has 192 valence electrons. The molecule has 0 radical (unpaired) electrons. The highest BCUT2D eigenvalue weighted by molar-refractivity contribution is 6.31. The number of aromatic nitrogens is 2. The molecule has 10 heteroatoms. The summed E-state index contributed by atoms with van der Waals surface area (Å²) in [6, 6.07) is 14.6. The second-order valence-corrected chi connectivity index (χ2v) is 9.96. The lowest BCUT2D eigenvalue weighted by Gasteiger charge is -2.44. The van der Waals surface area contributed by atoms with Gasteiger partial charge in [0.2, 0.25) is 5.91 Å². The first-order valence-electron chi connectivity index (χ1n) is 12.1. The maximum absolute atomic E-state index is 13.7. The van der Waals surface area contributed by atoms with Crippen LogP contribution in [0.15, 0.2) is 54.9 Å². The summed E-state index contributed by atoms with van der Waals surface area (Å²) in [6.07, 6.45) is 3.08. The minimum Gasteiger partial charge on any atom is -0.497 e. The van der Waals surface area contributed by atoms with Crippen molar-refractivity contribution in [3.05, 3.63) is 82.4 Å². The third-order valence-electron chi connectivity index (χ3n) is 6.89. The van der Waals surface area contributed by atoms with E-state index in [2.05, 4.69) is 15.6 Å². The van der Waals surface area contributed by atoms with Gasteiger partial charge in [-0.2, -0.15) is 0 Å².